The van der Waals surface area contributed by atoms with Gasteiger partial charge < -0.3 is 14.9 Å². The maximum absolute atomic E-state index is 12.3. The molecule has 0 radical (unpaired) electrons. The minimum atomic E-state index is -0.418. The smallest absolute Gasteiger partial charge is 0.279 e. The second-order valence-corrected chi connectivity index (χ2v) is 6.09. The van der Waals surface area contributed by atoms with Crippen LogP contribution in [0.1, 0.15) is 21.9 Å². The molecule has 0 aliphatic carbocycles. The lowest BCUT2D eigenvalue weighted by Gasteiger charge is -2.04. The maximum Gasteiger partial charge on any atom is 0.279 e. The predicted molar refractivity (Wildman–Crippen MR) is 99.7 cm³/mol. The van der Waals surface area contributed by atoms with Gasteiger partial charge in [-0.25, -0.2) is 15.0 Å². The Labute approximate surface area is 152 Å². The number of hydrogen-bond acceptors (Lipinski definition) is 9. The van der Waals surface area contributed by atoms with E-state index in [9.17, 15) is 4.79 Å². The largest absolute Gasteiger partial charge is 0.479 e. The Morgan fingerprint density at radius 1 is 1.46 bits per heavy atom. The third kappa shape index (κ3) is 3.26. The summed E-state index contributed by atoms with van der Waals surface area (Å²) >= 11 is 1.27. The summed E-state index contributed by atoms with van der Waals surface area (Å²) in [6, 6.07) is 0. The van der Waals surface area contributed by atoms with Gasteiger partial charge in [-0.3, -0.25) is 15.1 Å². The van der Waals surface area contributed by atoms with Crippen LogP contribution < -0.4 is 15.8 Å². The van der Waals surface area contributed by atoms with E-state index < -0.39 is 5.91 Å². The number of aryl methyl sites for hydroxylation is 1. The van der Waals surface area contributed by atoms with Crippen molar-refractivity contribution in [3.05, 3.63) is 35.8 Å². The summed E-state index contributed by atoms with van der Waals surface area (Å²) < 4.78 is 11.1. The highest BCUT2D eigenvalue weighted by molar-refractivity contribution is 7.22. The lowest BCUT2D eigenvalue weighted by molar-refractivity contribution is 0.102. The molecule has 0 spiro atoms. The first-order valence-electron chi connectivity index (χ1n) is 7.48. The van der Waals surface area contributed by atoms with Gasteiger partial charge in [0.05, 0.1) is 11.8 Å². The van der Waals surface area contributed by atoms with Crippen molar-refractivity contribution in [1.82, 2.24) is 15.0 Å². The minimum absolute atomic E-state index is 0.174. The number of fused-ring (bicyclic) bond motifs is 1. The van der Waals surface area contributed by atoms with Gasteiger partial charge in [0.15, 0.2) is 16.7 Å². The molecule has 26 heavy (non-hydrogen) atoms. The molecule has 0 fully saturated rings. The number of carbonyl (C=O) groups excluding carboxylic acids is 1. The molecule has 3 heterocycles. The van der Waals surface area contributed by atoms with Crippen LogP contribution in [0.3, 0.4) is 0 Å². The van der Waals surface area contributed by atoms with Gasteiger partial charge in [0.25, 0.3) is 5.91 Å². The maximum atomic E-state index is 12.3. The van der Waals surface area contributed by atoms with Crippen molar-refractivity contribution in [3.8, 4) is 5.88 Å². The van der Waals surface area contributed by atoms with E-state index in [1.807, 2.05) is 0 Å². The topological polar surface area (TPSA) is 129 Å². The second-order valence-electron chi connectivity index (χ2n) is 5.09. The van der Waals surface area contributed by atoms with Crippen molar-refractivity contribution in [2.75, 3.05) is 19.5 Å². The number of allylic oxidation sites excluding steroid dienone is 1. The molecule has 0 aliphatic heterocycles. The Morgan fingerprint density at radius 2 is 2.27 bits per heavy atom. The van der Waals surface area contributed by atoms with E-state index in [-0.39, 0.29) is 5.69 Å². The molecule has 3 aromatic heterocycles. The van der Waals surface area contributed by atoms with Crippen molar-refractivity contribution < 1.29 is 13.9 Å². The summed E-state index contributed by atoms with van der Waals surface area (Å²) in [7, 11) is 3.15. The van der Waals surface area contributed by atoms with Crippen molar-refractivity contribution in [1.29, 1.82) is 0 Å². The summed E-state index contributed by atoms with van der Waals surface area (Å²) in [5.74, 6) is 0.339. The summed E-state index contributed by atoms with van der Waals surface area (Å²) in [5.41, 5.74) is 7.82. The monoisotopic (exact) mass is 372 g/mol. The number of anilines is 1. The molecule has 3 N–H and O–H groups in total. The number of oxazole rings is 1. The fourth-order valence-electron chi connectivity index (χ4n) is 2.27. The number of nitrogens with one attached hydrogen (secondary N) is 1. The van der Waals surface area contributed by atoms with E-state index in [0.29, 0.717) is 28.0 Å². The molecule has 1 amide bonds. The third-order valence-electron chi connectivity index (χ3n) is 3.41. The highest BCUT2D eigenvalue weighted by Crippen LogP contribution is 2.36. The lowest BCUT2D eigenvalue weighted by Crippen LogP contribution is -2.12. The van der Waals surface area contributed by atoms with Crippen LogP contribution in [0.2, 0.25) is 0 Å². The number of thiazole rings is 1. The van der Waals surface area contributed by atoms with Crippen LogP contribution in [-0.4, -0.2) is 41.2 Å². The Bertz CT molecular complexity index is 1020. The number of rotatable bonds is 5. The van der Waals surface area contributed by atoms with Crippen molar-refractivity contribution in [3.63, 3.8) is 0 Å². The van der Waals surface area contributed by atoms with Crippen LogP contribution in [0.4, 0.5) is 5.13 Å². The lowest BCUT2D eigenvalue weighted by atomic mass is 10.1. The van der Waals surface area contributed by atoms with Gasteiger partial charge in [-0.05, 0) is 0 Å². The van der Waals surface area contributed by atoms with E-state index in [1.54, 1.807) is 26.4 Å². The zero-order valence-corrected chi connectivity index (χ0v) is 15.1. The molecular formula is C16H16N6O3S. The number of aromatic nitrogens is 3. The SMILES string of the molecule is CN=CC(=CN)c1cnc(OC)c2nc(NC(=O)c3coc(C)n3)sc12. The number of nitrogens with zero attached hydrogens (tertiary/aromatic N) is 4. The highest BCUT2D eigenvalue weighted by Gasteiger charge is 2.18. The first-order chi connectivity index (χ1) is 12.6. The average molecular weight is 372 g/mol. The number of ether oxygens (including phenoxy) is 1. The molecule has 3 rings (SSSR count). The van der Waals surface area contributed by atoms with Crippen LogP contribution in [0.25, 0.3) is 15.8 Å². The number of amides is 1. The second kappa shape index (κ2) is 7.31. The molecule has 3 aromatic rings. The fraction of sp³-hybridized carbons (Fsp3) is 0.188. The highest BCUT2D eigenvalue weighted by atomic mass is 32.1. The van der Waals surface area contributed by atoms with Gasteiger partial charge in [0.2, 0.25) is 5.88 Å². The van der Waals surface area contributed by atoms with E-state index in [1.165, 1.54) is 30.9 Å². The van der Waals surface area contributed by atoms with Gasteiger partial charge in [0, 0.05) is 43.7 Å². The molecule has 0 saturated heterocycles. The molecule has 0 aliphatic rings. The van der Waals surface area contributed by atoms with Crippen LogP contribution >= 0.6 is 11.3 Å². The molecule has 9 nitrogen and oxygen atoms in total. The van der Waals surface area contributed by atoms with Gasteiger partial charge in [-0.1, -0.05) is 11.3 Å². The summed E-state index contributed by atoms with van der Waals surface area (Å²) in [4.78, 5) is 28.9. The van der Waals surface area contributed by atoms with E-state index in [2.05, 4.69) is 25.3 Å². The van der Waals surface area contributed by atoms with Gasteiger partial charge in [-0.15, -0.1) is 0 Å². The minimum Gasteiger partial charge on any atom is -0.479 e. The van der Waals surface area contributed by atoms with Crippen LogP contribution in [0.5, 0.6) is 5.88 Å². The van der Waals surface area contributed by atoms with Crippen molar-refractivity contribution in [2.24, 2.45) is 10.7 Å². The van der Waals surface area contributed by atoms with Gasteiger partial charge >= 0.3 is 0 Å². The molecule has 0 atom stereocenters. The Hall–Kier alpha value is -3.27. The average Bonchev–Trinajstić information content (AvgIpc) is 3.25. The van der Waals surface area contributed by atoms with Crippen LogP contribution in [0.15, 0.2) is 28.1 Å². The van der Waals surface area contributed by atoms with Crippen LogP contribution in [-0.2, 0) is 0 Å². The van der Waals surface area contributed by atoms with Crippen LogP contribution in [0, 0.1) is 6.92 Å². The van der Waals surface area contributed by atoms with E-state index in [4.69, 9.17) is 14.9 Å². The normalized spacial score (nSPS) is 12.0. The number of methoxy groups -OCH3 is 1. The van der Waals surface area contributed by atoms with Gasteiger partial charge in [0.1, 0.15) is 11.8 Å². The molecule has 0 unspecified atom stereocenters. The van der Waals surface area contributed by atoms with E-state index >= 15 is 0 Å². The number of pyridine rings is 1. The van der Waals surface area contributed by atoms with E-state index in [0.717, 1.165) is 10.3 Å². The number of nitrogens with two attached hydrogens (primary N) is 1. The number of carbonyl (C=O) groups is 1. The number of aliphatic imine (C=N–C) groups is 1. The summed E-state index contributed by atoms with van der Waals surface area (Å²) in [5, 5.41) is 3.08. The van der Waals surface area contributed by atoms with Crippen molar-refractivity contribution in [2.45, 2.75) is 6.92 Å². The molecule has 10 heteroatoms. The molecule has 0 aromatic carbocycles. The molecule has 0 saturated carbocycles. The molecular weight excluding hydrogens is 356 g/mol. The molecule has 0 bridgehead atoms. The Kier molecular flexibility index (Phi) is 4.94. The number of hydrogen-bond donors (Lipinski definition) is 2. The first kappa shape index (κ1) is 17.5. The Balaban J connectivity index is 2.04. The zero-order chi connectivity index (χ0) is 18.7. The Morgan fingerprint density at radius 3 is 2.88 bits per heavy atom. The summed E-state index contributed by atoms with van der Waals surface area (Å²) in [6.07, 6.45) is 5.98. The summed E-state index contributed by atoms with van der Waals surface area (Å²) in [6.45, 7) is 1.66. The zero-order valence-electron chi connectivity index (χ0n) is 14.3. The quantitative estimate of drug-likeness (QED) is 0.657. The fourth-order valence-corrected chi connectivity index (χ4v) is 3.25. The predicted octanol–water partition coefficient (Wildman–Crippen LogP) is 2.25. The standard InChI is InChI=1S/C16H16N6O3S/c1-8-20-11(7-25-8)14(23)22-16-21-12-13(26-16)10(6-19-15(12)24-3)9(4-17)5-18-2/h4-7H,17H2,1-3H3,(H,21,22,23). The van der Waals surface area contributed by atoms with Gasteiger partial charge in [-0.2, -0.15) is 0 Å². The first-order valence-corrected chi connectivity index (χ1v) is 8.30. The molecule has 134 valence electrons. The van der Waals surface area contributed by atoms with Crippen molar-refractivity contribution >= 4 is 44.4 Å². The third-order valence-corrected chi connectivity index (χ3v) is 4.41.